The van der Waals surface area contributed by atoms with Gasteiger partial charge in [0, 0.05) is 38.2 Å². The molecule has 0 saturated carbocycles. The molecule has 0 bridgehead atoms. The van der Waals surface area contributed by atoms with Crippen molar-refractivity contribution in [3.63, 3.8) is 0 Å². The zero-order valence-electron chi connectivity index (χ0n) is 14.0. The number of aryl methyl sites for hydroxylation is 1. The Morgan fingerprint density at radius 1 is 1.16 bits per heavy atom. The fraction of sp³-hybridized carbons (Fsp3) is 0.474. The molecule has 0 radical (unpaired) electrons. The number of halogens is 2. The van der Waals surface area contributed by atoms with Gasteiger partial charge in [0.05, 0.1) is 0 Å². The van der Waals surface area contributed by atoms with Gasteiger partial charge in [-0.15, -0.1) is 0 Å². The van der Waals surface area contributed by atoms with Gasteiger partial charge in [0.1, 0.15) is 23.2 Å². The maximum absolute atomic E-state index is 14.1. The predicted octanol–water partition coefficient (Wildman–Crippen LogP) is 3.52. The summed E-state index contributed by atoms with van der Waals surface area (Å²) in [7, 11) is 0. The standard InChI is InChI=1S/C19H21F2N3O/c20-14-5-6-16(21)15(10-14)13-4-7-18-22-17(12-24(18)11-13)19(25)23-8-2-1-3-9-23/h5-6,10,12-13H,1-4,7-9,11H2/t13-/m0/s1. The molecule has 0 N–H and O–H groups in total. The first-order chi connectivity index (χ1) is 12.1. The molecule has 6 heteroatoms. The number of rotatable bonds is 2. The maximum Gasteiger partial charge on any atom is 0.274 e. The minimum Gasteiger partial charge on any atom is -0.337 e. The van der Waals surface area contributed by atoms with E-state index in [1.807, 2.05) is 9.47 Å². The van der Waals surface area contributed by atoms with Crippen LogP contribution < -0.4 is 0 Å². The number of benzene rings is 1. The lowest BCUT2D eigenvalue weighted by atomic mass is 9.91. The third-order valence-corrected chi connectivity index (χ3v) is 5.25. The van der Waals surface area contributed by atoms with Crippen molar-refractivity contribution >= 4 is 5.91 Å². The van der Waals surface area contributed by atoms with Crippen LogP contribution in [0.15, 0.2) is 24.4 Å². The zero-order valence-corrected chi connectivity index (χ0v) is 14.0. The van der Waals surface area contributed by atoms with E-state index >= 15 is 0 Å². The molecule has 4 nitrogen and oxygen atoms in total. The largest absolute Gasteiger partial charge is 0.337 e. The minimum atomic E-state index is -0.422. The van der Waals surface area contributed by atoms with Crippen LogP contribution in [0.5, 0.6) is 0 Å². The summed E-state index contributed by atoms with van der Waals surface area (Å²) >= 11 is 0. The van der Waals surface area contributed by atoms with Gasteiger partial charge in [-0.2, -0.15) is 0 Å². The second kappa shape index (κ2) is 6.58. The molecule has 2 aliphatic rings. The summed E-state index contributed by atoms with van der Waals surface area (Å²) in [5, 5.41) is 0. The Labute approximate surface area is 145 Å². The first-order valence-corrected chi connectivity index (χ1v) is 8.92. The van der Waals surface area contributed by atoms with Crippen LogP contribution in [0.4, 0.5) is 8.78 Å². The van der Waals surface area contributed by atoms with Crippen molar-refractivity contribution < 1.29 is 13.6 Å². The lowest BCUT2D eigenvalue weighted by Crippen LogP contribution is -2.35. The summed E-state index contributed by atoms with van der Waals surface area (Å²) in [6, 6.07) is 3.60. The van der Waals surface area contributed by atoms with E-state index in [9.17, 15) is 13.6 Å². The number of imidazole rings is 1. The number of carbonyl (C=O) groups excluding carboxylic acids is 1. The van der Waals surface area contributed by atoms with Crippen molar-refractivity contribution in [2.45, 2.75) is 44.6 Å². The second-order valence-corrected chi connectivity index (χ2v) is 6.95. The molecule has 0 unspecified atom stereocenters. The van der Waals surface area contributed by atoms with Crippen LogP contribution in [0.25, 0.3) is 0 Å². The van der Waals surface area contributed by atoms with E-state index in [0.717, 1.165) is 37.8 Å². The van der Waals surface area contributed by atoms with Crippen LogP contribution in [-0.4, -0.2) is 33.4 Å². The Morgan fingerprint density at radius 3 is 2.76 bits per heavy atom. The average Bonchev–Trinajstić information content (AvgIpc) is 3.07. The van der Waals surface area contributed by atoms with E-state index in [2.05, 4.69) is 4.98 Å². The van der Waals surface area contributed by atoms with E-state index < -0.39 is 5.82 Å². The molecule has 2 aliphatic heterocycles. The lowest BCUT2D eigenvalue weighted by molar-refractivity contribution is 0.0718. The molecule has 1 aromatic heterocycles. The Morgan fingerprint density at radius 2 is 1.96 bits per heavy atom. The van der Waals surface area contributed by atoms with E-state index in [1.54, 1.807) is 6.20 Å². The molecule has 1 aromatic carbocycles. The highest BCUT2D eigenvalue weighted by Gasteiger charge is 2.27. The number of fused-ring (bicyclic) bond motifs is 1. The van der Waals surface area contributed by atoms with E-state index in [-0.39, 0.29) is 17.6 Å². The summed E-state index contributed by atoms with van der Waals surface area (Å²) in [6.45, 7) is 2.10. The van der Waals surface area contributed by atoms with Crippen molar-refractivity contribution in [2.24, 2.45) is 0 Å². The van der Waals surface area contributed by atoms with Crippen molar-refractivity contribution in [1.82, 2.24) is 14.5 Å². The number of hydrogen-bond donors (Lipinski definition) is 0. The Balaban J connectivity index is 1.54. The number of piperidine rings is 1. The maximum atomic E-state index is 14.1. The second-order valence-electron chi connectivity index (χ2n) is 6.95. The van der Waals surface area contributed by atoms with E-state index in [1.165, 1.54) is 18.6 Å². The van der Waals surface area contributed by atoms with Gasteiger partial charge >= 0.3 is 0 Å². The van der Waals surface area contributed by atoms with Gasteiger partial charge in [-0.1, -0.05) is 0 Å². The third kappa shape index (κ3) is 3.17. The molecule has 1 fully saturated rings. The highest BCUT2D eigenvalue weighted by molar-refractivity contribution is 5.92. The third-order valence-electron chi connectivity index (χ3n) is 5.25. The normalized spacial score (nSPS) is 20.4. The fourth-order valence-electron chi connectivity index (χ4n) is 3.89. The van der Waals surface area contributed by atoms with Crippen molar-refractivity contribution in [3.05, 3.63) is 53.1 Å². The molecule has 0 spiro atoms. The predicted molar refractivity (Wildman–Crippen MR) is 89.4 cm³/mol. The number of amides is 1. The van der Waals surface area contributed by atoms with Crippen molar-refractivity contribution in [1.29, 1.82) is 0 Å². The Bertz CT molecular complexity index is 796. The number of aromatic nitrogens is 2. The smallest absolute Gasteiger partial charge is 0.274 e. The molecular weight excluding hydrogens is 324 g/mol. The Hall–Kier alpha value is -2.24. The molecule has 4 rings (SSSR count). The van der Waals surface area contributed by atoms with Gasteiger partial charge in [-0.3, -0.25) is 4.79 Å². The first kappa shape index (κ1) is 16.2. The number of nitrogens with zero attached hydrogens (tertiary/aromatic N) is 3. The monoisotopic (exact) mass is 345 g/mol. The Kier molecular flexibility index (Phi) is 4.27. The van der Waals surface area contributed by atoms with Crippen LogP contribution in [0.2, 0.25) is 0 Å². The quantitative estimate of drug-likeness (QED) is 0.835. The molecular formula is C19H21F2N3O. The highest BCUT2D eigenvalue weighted by atomic mass is 19.1. The van der Waals surface area contributed by atoms with Gasteiger partial charge in [-0.05, 0) is 49.4 Å². The van der Waals surface area contributed by atoms with Crippen LogP contribution in [0, 0.1) is 11.6 Å². The molecule has 0 aliphatic carbocycles. The van der Waals surface area contributed by atoms with Gasteiger partial charge in [-0.25, -0.2) is 13.8 Å². The molecule has 25 heavy (non-hydrogen) atoms. The molecule has 1 saturated heterocycles. The highest BCUT2D eigenvalue weighted by Crippen LogP contribution is 2.31. The summed E-state index contributed by atoms with van der Waals surface area (Å²) < 4.78 is 29.5. The van der Waals surface area contributed by atoms with Crippen molar-refractivity contribution in [3.8, 4) is 0 Å². The number of carbonyl (C=O) groups is 1. The summed E-state index contributed by atoms with van der Waals surface area (Å²) in [5.74, 6) is -0.0628. The van der Waals surface area contributed by atoms with Crippen LogP contribution in [0.3, 0.4) is 0 Å². The number of likely N-dealkylation sites (tertiary alicyclic amines) is 1. The molecule has 3 heterocycles. The molecule has 132 valence electrons. The van der Waals surface area contributed by atoms with Gasteiger partial charge in [0.25, 0.3) is 5.91 Å². The topological polar surface area (TPSA) is 38.1 Å². The molecule has 2 aromatic rings. The van der Waals surface area contributed by atoms with Crippen molar-refractivity contribution in [2.75, 3.05) is 13.1 Å². The zero-order chi connectivity index (χ0) is 17.4. The fourth-order valence-corrected chi connectivity index (χ4v) is 3.89. The van der Waals surface area contributed by atoms with E-state index in [0.29, 0.717) is 30.6 Å². The summed E-state index contributed by atoms with van der Waals surface area (Å²) in [4.78, 5) is 19.0. The van der Waals surface area contributed by atoms with Gasteiger partial charge in [0.15, 0.2) is 0 Å². The molecule has 1 atom stereocenters. The first-order valence-electron chi connectivity index (χ1n) is 8.92. The SMILES string of the molecule is O=C(c1cn2c(n1)CC[C@H](c1cc(F)ccc1F)C2)N1CCCCC1. The number of hydrogen-bond acceptors (Lipinski definition) is 2. The average molecular weight is 345 g/mol. The van der Waals surface area contributed by atoms with E-state index in [4.69, 9.17) is 0 Å². The minimum absolute atomic E-state index is 0.0184. The van der Waals surface area contributed by atoms with Gasteiger partial charge in [0.2, 0.25) is 0 Å². The van der Waals surface area contributed by atoms with Gasteiger partial charge < -0.3 is 9.47 Å². The lowest BCUT2D eigenvalue weighted by Gasteiger charge is -2.25. The van der Waals surface area contributed by atoms with Crippen LogP contribution in [-0.2, 0) is 13.0 Å². The van der Waals surface area contributed by atoms with Crippen LogP contribution in [0.1, 0.15) is 53.5 Å². The summed E-state index contributed by atoms with van der Waals surface area (Å²) in [5.41, 5.74) is 0.875. The molecule has 1 amide bonds. The van der Waals surface area contributed by atoms with Crippen LogP contribution >= 0.6 is 0 Å². The summed E-state index contributed by atoms with van der Waals surface area (Å²) in [6.07, 6.45) is 6.39.